The Kier molecular flexibility index (Phi) is 4.12. The Balaban J connectivity index is 1.67. The summed E-state index contributed by atoms with van der Waals surface area (Å²) in [5.74, 6) is 1.11. The minimum Gasteiger partial charge on any atom is -0.352 e. The monoisotopic (exact) mass is 322 g/mol. The topological polar surface area (TPSA) is 66.5 Å². The van der Waals surface area contributed by atoms with Gasteiger partial charge in [-0.25, -0.2) is 8.42 Å². The van der Waals surface area contributed by atoms with Crippen LogP contribution >= 0.6 is 0 Å². The highest BCUT2D eigenvalue weighted by molar-refractivity contribution is 7.92. The van der Waals surface area contributed by atoms with Gasteiger partial charge in [-0.2, -0.15) is 0 Å². The molecule has 0 saturated heterocycles. The van der Waals surface area contributed by atoms with Crippen LogP contribution in [0.4, 0.5) is 5.69 Å². The predicted molar refractivity (Wildman–Crippen MR) is 86.0 cm³/mol. The van der Waals surface area contributed by atoms with Crippen molar-refractivity contribution >= 4 is 21.6 Å². The molecule has 1 N–H and O–H groups in total. The minimum absolute atomic E-state index is 0.156. The highest BCUT2D eigenvalue weighted by Crippen LogP contribution is 2.44. The van der Waals surface area contributed by atoms with Crippen molar-refractivity contribution in [1.82, 2.24) is 5.32 Å². The molecule has 0 heterocycles. The first-order chi connectivity index (χ1) is 10.4. The Morgan fingerprint density at radius 1 is 1.23 bits per heavy atom. The van der Waals surface area contributed by atoms with Crippen LogP contribution in [0.5, 0.6) is 0 Å². The molecule has 2 aliphatic rings. The van der Waals surface area contributed by atoms with Gasteiger partial charge in [-0.05, 0) is 43.2 Å². The summed E-state index contributed by atoms with van der Waals surface area (Å²) in [6.45, 7) is -0.156. The third kappa shape index (κ3) is 3.27. The fraction of sp³-hybridized carbons (Fsp3) is 0.562. The average molecular weight is 322 g/mol. The van der Waals surface area contributed by atoms with E-state index in [2.05, 4.69) is 5.32 Å². The van der Waals surface area contributed by atoms with Crippen LogP contribution in [0.3, 0.4) is 0 Å². The standard InChI is InChI=1S/C16H22N2O3S/c1-22(20,21)18(14-5-3-2-4-6-14)11-16(19)17-15-10-12-7-8-13(15)9-12/h2-6,12-13,15H,7-11H2,1H3,(H,17,19)/t12-,13-,15+/m1/s1. The molecule has 0 unspecified atom stereocenters. The highest BCUT2D eigenvalue weighted by atomic mass is 32.2. The summed E-state index contributed by atoms with van der Waals surface area (Å²) in [6, 6.07) is 8.98. The zero-order valence-electron chi connectivity index (χ0n) is 12.7. The maximum Gasteiger partial charge on any atom is 0.241 e. The van der Waals surface area contributed by atoms with Gasteiger partial charge >= 0.3 is 0 Å². The summed E-state index contributed by atoms with van der Waals surface area (Å²) < 4.78 is 25.1. The Labute approximate surface area is 131 Å². The molecule has 2 fully saturated rings. The number of anilines is 1. The fourth-order valence-corrected chi connectivity index (χ4v) is 4.66. The number of rotatable bonds is 5. The molecule has 0 spiro atoms. The number of amides is 1. The van der Waals surface area contributed by atoms with E-state index in [1.54, 1.807) is 24.3 Å². The molecule has 3 rings (SSSR count). The van der Waals surface area contributed by atoms with E-state index in [1.165, 1.54) is 19.3 Å². The molecule has 1 amide bonds. The second kappa shape index (κ2) is 5.91. The van der Waals surface area contributed by atoms with E-state index in [0.29, 0.717) is 11.6 Å². The van der Waals surface area contributed by atoms with Crippen molar-refractivity contribution in [1.29, 1.82) is 0 Å². The molecule has 6 heteroatoms. The van der Waals surface area contributed by atoms with Crippen molar-refractivity contribution in [2.75, 3.05) is 17.1 Å². The number of carbonyl (C=O) groups excluding carboxylic acids is 1. The number of hydrogen-bond donors (Lipinski definition) is 1. The zero-order chi connectivity index (χ0) is 15.7. The van der Waals surface area contributed by atoms with E-state index in [0.717, 1.165) is 22.9 Å². The zero-order valence-corrected chi connectivity index (χ0v) is 13.6. The third-order valence-electron chi connectivity index (χ3n) is 4.82. The van der Waals surface area contributed by atoms with Crippen LogP contribution in [-0.2, 0) is 14.8 Å². The number of benzene rings is 1. The minimum atomic E-state index is -3.48. The van der Waals surface area contributed by atoms with E-state index in [9.17, 15) is 13.2 Å². The summed E-state index contributed by atoms with van der Waals surface area (Å²) >= 11 is 0. The van der Waals surface area contributed by atoms with E-state index in [4.69, 9.17) is 0 Å². The summed E-state index contributed by atoms with van der Waals surface area (Å²) in [7, 11) is -3.48. The average Bonchev–Trinajstić information content (AvgIpc) is 3.07. The number of nitrogens with zero attached hydrogens (tertiary/aromatic N) is 1. The molecule has 0 aliphatic heterocycles. The van der Waals surface area contributed by atoms with Crippen LogP contribution in [0.15, 0.2) is 30.3 Å². The summed E-state index contributed by atoms with van der Waals surface area (Å²) in [5.41, 5.74) is 0.521. The van der Waals surface area contributed by atoms with Gasteiger partial charge in [0, 0.05) is 6.04 Å². The Bertz CT molecular complexity index is 645. The van der Waals surface area contributed by atoms with Crippen LogP contribution in [0, 0.1) is 11.8 Å². The van der Waals surface area contributed by atoms with Crippen LogP contribution in [0.25, 0.3) is 0 Å². The second-order valence-corrected chi connectivity index (χ2v) is 8.36. The van der Waals surface area contributed by atoms with Gasteiger partial charge in [-0.15, -0.1) is 0 Å². The molecule has 2 bridgehead atoms. The number of para-hydroxylation sites is 1. The van der Waals surface area contributed by atoms with Crippen molar-refractivity contribution in [3.05, 3.63) is 30.3 Å². The highest BCUT2D eigenvalue weighted by Gasteiger charge is 2.40. The second-order valence-electron chi connectivity index (χ2n) is 6.45. The first-order valence-corrected chi connectivity index (χ1v) is 9.60. The Morgan fingerprint density at radius 2 is 1.95 bits per heavy atom. The molecule has 120 valence electrons. The molecular formula is C16H22N2O3S. The number of carbonyl (C=O) groups is 1. The summed E-state index contributed by atoms with van der Waals surface area (Å²) in [5, 5.41) is 3.04. The number of fused-ring (bicyclic) bond motifs is 2. The van der Waals surface area contributed by atoms with Crippen molar-refractivity contribution in [3.8, 4) is 0 Å². The normalized spacial score (nSPS) is 26.9. The van der Waals surface area contributed by atoms with Crippen LogP contribution < -0.4 is 9.62 Å². The largest absolute Gasteiger partial charge is 0.352 e. The molecule has 2 aliphatic carbocycles. The van der Waals surface area contributed by atoms with E-state index in [-0.39, 0.29) is 18.5 Å². The molecular weight excluding hydrogens is 300 g/mol. The quantitative estimate of drug-likeness (QED) is 0.898. The molecule has 1 aromatic carbocycles. The van der Waals surface area contributed by atoms with E-state index >= 15 is 0 Å². The molecule has 0 radical (unpaired) electrons. The molecule has 3 atom stereocenters. The first-order valence-electron chi connectivity index (χ1n) is 7.75. The molecule has 5 nitrogen and oxygen atoms in total. The van der Waals surface area contributed by atoms with Gasteiger partial charge in [0.15, 0.2) is 0 Å². The van der Waals surface area contributed by atoms with Crippen LogP contribution in [-0.4, -0.2) is 33.2 Å². The first kappa shape index (κ1) is 15.3. The van der Waals surface area contributed by atoms with Crippen molar-refractivity contribution in [2.24, 2.45) is 11.8 Å². The lowest BCUT2D eigenvalue weighted by atomic mass is 9.95. The number of nitrogens with one attached hydrogen (secondary N) is 1. The van der Waals surface area contributed by atoms with Gasteiger partial charge in [0.2, 0.25) is 15.9 Å². The van der Waals surface area contributed by atoms with Gasteiger partial charge in [-0.1, -0.05) is 24.6 Å². The van der Waals surface area contributed by atoms with Crippen LogP contribution in [0.2, 0.25) is 0 Å². The summed E-state index contributed by atoms with van der Waals surface area (Å²) in [6.07, 6.45) is 5.84. The maximum absolute atomic E-state index is 12.3. The van der Waals surface area contributed by atoms with Gasteiger partial charge < -0.3 is 5.32 Å². The van der Waals surface area contributed by atoms with E-state index < -0.39 is 10.0 Å². The maximum atomic E-state index is 12.3. The number of hydrogen-bond acceptors (Lipinski definition) is 3. The third-order valence-corrected chi connectivity index (χ3v) is 5.96. The lowest BCUT2D eigenvalue weighted by molar-refractivity contribution is -0.120. The van der Waals surface area contributed by atoms with Gasteiger partial charge in [-0.3, -0.25) is 9.10 Å². The molecule has 2 saturated carbocycles. The smallest absolute Gasteiger partial charge is 0.241 e. The molecule has 1 aromatic rings. The van der Waals surface area contributed by atoms with Crippen molar-refractivity contribution in [3.63, 3.8) is 0 Å². The fourth-order valence-electron chi connectivity index (χ4n) is 3.80. The van der Waals surface area contributed by atoms with Gasteiger partial charge in [0.1, 0.15) is 6.54 Å². The van der Waals surface area contributed by atoms with Crippen molar-refractivity contribution in [2.45, 2.75) is 31.7 Å². The lowest BCUT2D eigenvalue weighted by Crippen LogP contribution is -2.45. The van der Waals surface area contributed by atoms with Crippen molar-refractivity contribution < 1.29 is 13.2 Å². The Morgan fingerprint density at radius 3 is 2.50 bits per heavy atom. The van der Waals surface area contributed by atoms with Gasteiger partial charge in [0.05, 0.1) is 11.9 Å². The van der Waals surface area contributed by atoms with E-state index in [1.807, 2.05) is 6.07 Å². The molecule has 0 aromatic heterocycles. The predicted octanol–water partition coefficient (Wildman–Crippen LogP) is 1.76. The van der Waals surface area contributed by atoms with Crippen LogP contribution in [0.1, 0.15) is 25.7 Å². The lowest BCUT2D eigenvalue weighted by Gasteiger charge is -2.26. The summed E-state index contributed by atoms with van der Waals surface area (Å²) in [4.78, 5) is 12.3. The molecule has 22 heavy (non-hydrogen) atoms. The van der Waals surface area contributed by atoms with Gasteiger partial charge in [0.25, 0.3) is 0 Å². The number of sulfonamides is 1. The Hall–Kier alpha value is -1.56. The SMILES string of the molecule is CS(=O)(=O)N(CC(=O)N[C@H]1C[C@@H]2CC[C@@H]1C2)c1ccccc1.